The fourth-order valence-electron chi connectivity index (χ4n) is 6.76. The number of hydrazine groups is 1. The Balaban J connectivity index is 1.53. The van der Waals surface area contributed by atoms with E-state index >= 15 is 4.39 Å². The third kappa shape index (κ3) is 7.97. The summed E-state index contributed by atoms with van der Waals surface area (Å²) in [4.78, 5) is 16.6. The Hall–Kier alpha value is -1.92. The van der Waals surface area contributed by atoms with Crippen LogP contribution < -0.4 is 8.96 Å². The van der Waals surface area contributed by atoms with Gasteiger partial charge in [-0.15, -0.1) is 5.43 Å². The predicted octanol–water partition coefficient (Wildman–Crippen LogP) is 5.77. The first-order valence-corrected chi connectivity index (χ1v) is 16.6. The second-order valence-electron chi connectivity index (χ2n) is 12.4. The summed E-state index contributed by atoms with van der Waals surface area (Å²) >= 11 is 2.24. The summed E-state index contributed by atoms with van der Waals surface area (Å²) in [6.45, 7) is 11.3. The first-order valence-electron chi connectivity index (χ1n) is 15.6. The molecule has 42 heavy (non-hydrogen) atoms. The zero-order chi connectivity index (χ0) is 30.4. The quantitative estimate of drug-likeness (QED) is 0.0847. The zero-order valence-corrected chi connectivity index (χ0v) is 28.5. The van der Waals surface area contributed by atoms with Crippen molar-refractivity contribution in [3.63, 3.8) is 0 Å². The monoisotopic (exact) mass is 690 g/mol. The molecule has 0 bridgehead atoms. The predicted molar refractivity (Wildman–Crippen MR) is 179 cm³/mol. The Labute approximate surface area is 267 Å². The molecule has 2 aliphatic carbocycles. The Morgan fingerprint density at radius 2 is 2.19 bits per heavy atom. The Kier molecular flexibility index (Phi) is 11.9. The second kappa shape index (κ2) is 15.2. The third-order valence-electron chi connectivity index (χ3n) is 9.04. The molecule has 0 aromatic rings. The minimum absolute atomic E-state index is 0.167. The molecule has 1 amide bonds. The highest BCUT2D eigenvalue weighted by molar-refractivity contribution is 14.1. The van der Waals surface area contributed by atoms with Gasteiger partial charge in [-0.05, 0) is 75.1 Å². The molecule has 0 aromatic heterocycles. The summed E-state index contributed by atoms with van der Waals surface area (Å²) in [5, 5.41) is 2.19. The van der Waals surface area contributed by atoms with Gasteiger partial charge in [0, 0.05) is 25.4 Å². The van der Waals surface area contributed by atoms with Gasteiger partial charge in [0.25, 0.3) is 5.84 Å². The van der Waals surface area contributed by atoms with Crippen LogP contribution in [0.2, 0.25) is 12.6 Å². The summed E-state index contributed by atoms with van der Waals surface area (Å²) in [6.07, 6.45) is 16.2. The molecule has 0 aromatic carbocycles. The van der Waals surface area contributed by atoms with Crippen LogP contribution in [0.4, 0.5) is 4.39 Å². The van der Waals surface area contributed by atoms with Crippen molar-refractivity contribution in [2.75, 3.05) is 40.4 Å². The van der Waals surface area contributed by atoms with E-state index in [-0.39, 0.29) is 17.7 Å². The average molecular weight is 690 g/mol. The maximum atomic E-state index is 15.7. The highest BCUT2D eigenvalue weighted by Gasteiger charge is 2.43. The second-order valence-corrected chi connectivity index (χ2v) is 13.0. The first-order chi connectivity index (χ1) is 20.1. The molecule has 1 radical (unpaired) electrons. The number of amides is 1. The van der Waals surface area contributed by atoms with Gasteiger partial charge in [0.2, 0.25) is 5.91 Å². The number of rotatable bonds is 13. The van der Waals surface area contributed by atoms with Gasteiger partial charge in [-0.3, -0.25) is 14.6 Å². The SMILES string of the molecule is C[B]C(C)CN(CCC)CC1=CN(C(C)=O)/C(=C\CC2C=C(NI)CC([C@@H](C3=CCC3)C3=[N+](C)CNN3C)C2)C(F)=C1. The molecule has 0 fully saturated rings. The van der Waals surface area contributed by atoms with Crippen LogP contribution in [0.25, 0.3) is 0 Å². The van der Waals surface area contributed by atoms with Crippen molar-refractivity contribution in [1.29, 1.82) is 0 Å². The third-order valence-corrected chi connectivity index (χ3v) is 9.73. The number of amidine groups is 1. The van der Waals surface area contributed by atoms with Crippen LogP contribution in [0.5, 0.6) is 0 Å². The van der Waals surface area contributed by atoms with Crippen LogP contribution in [0.3, 0.4) is 0 Å². The van der Waals surface area contributed by atoms with Crippen LogP contribution in [0.1, 0.15) is 59.3 Å². The van der Waals surface area contributed by atoms with E-state index in [0.29, 0.717) is 36.3 Å². The number of nitrogens with zero attached hydrogens (tertiary/aromatic N) is 4. The molecule has 0 saturated heterocycles. The molecule has 10 heteroatoms. The van der Waals surface area contributed by atoms with Crippen molar-refractivity contribution < 1.29 is 13.8 Å². The van der Waals surface area contributed by atoms with Crippen LogP contribution in [0, 0.1) is 17.8 Å². The van der Waals surface area contributed by atoms with Gasteiger partial charge >= 0.3 is 0 Å². The number of allylic oxidation sites excluding steroid dienone is 5. The van der Waals surface area contributed by atoms with E-state index < -0.39 is 0 Å². The Bertz CT molecular complexity index is 1190. The molecule has 229 valence electrons. The van der Waals surface area contributed by atoms with Gasteiger partial charge in [0.15, 0.2) is 6.67 Å². The van der Waals surface area contributed by atoms with Crippen molar-refractivity contribution >= 4 is 41.9 Å². The lowest BCUT2D eigenvalue weighted by atomic mass is 9.68. The molecule has 0 spiro atoms. The lowest BCUT2D eigenvalue weighted by Gasteiger charge is -2.36. The lowest BCUT2D eigenvalue weighted by Crippen LogP contribution is -2.43. The van der Waals surface area contributed by atoms with E-state index in [0.717, 1.165) is 57.4 Å². The van der Waals surface area contributed by atoms with Gasteiger partial charge in [-0.25, -0.2) is 8.97 Å². The van der Waals surface area contributed by atoms with Gasteiger partial charge in [-0.1, -0.05) is 50.3 Å². The standard InChI is InChI=1S/C32H49BFIN6O/c1-7-13-40(18-22(2)33-4)19-25-16-29(34)30(41(20-25)23(3)42)12-11-24-14-27(17-28(15-24)37-35)31(26-9-8-10-26)32-38(5)21-36-39(32)6/h9,12,15-16,20,22,24,27,31,36-37H,7-8,10-11,13-14,17-19,21H2,1-6H3/q+1/b30-12-/t22?,24?,27?,31-/m1/s1. The van der Waals surface area contributed by atoms with Crippen LogP contribution in [0.15, 0.2) is 58.9 Å². The summed E-state index contributed by atoms with van der Waals surface area (Å²) in [5.74, 6) is 2.34. The number of hydrogen-bond donors (Lipinski definition) is 2. The molecule has 2 aliphatic heterocycles. The number of hydrogen-bond acceptors (Lipinski definition) is 5. The lowest BCUT2D eigenvalue weighted by molar-refractivity contribution is -0.494. The largest absolute Gasteiger partial charge is 0.332 e. The normalized spacial score (nSPS) is 25.1. The van der Waals surface area contributed by atoms with Crippen molar-refractivity contribution in [2.24, 2.45) is 17.8 Å². The fourth-order valence-corrected chi connectivity index (χ4v) is 7.16. The first kappa shape index (κ1) is 33.0. The molecule has 2 N–H and O–H groups in total. The summed E-state index contributed by atoms with van der Waals surface area (Å²) in [5.41, 5.74) is 7.43. The van der Waals surface area contributed by atoms with Crippen molar-refractivity contribution in [2.45, 2.75) is 71.9 Å². The maximum Gasteiger partial charge on any atom is 0.273 e. The van der Waals surface area contributed by atoms with Crippen molar-refractivity contribution in [3.8, 4) is 0 Å². The molecule has 4 atom stereocenters. The highest BCUT2D eigenvalue weighted by Crippen LogP contribution is 2.42. The highest BCUT2D eigenvalue weighted by atomic mass is 127. The minimum Gasteiger partial charge on any atom is -0.332 e. The zero-order valence-electron chi connectivity index (χ0n) is 26.3. The molecular formula is C32H49BFIN6O+. The van der Waals surface area contributed by atoms with Crippen LogP contribution in [-0.4, -0.2) is 78.8 Å². The average Bonchev–Trinajstić information content (AvgIpc) is 3.26. The van der Waals surface area contributed by atoms with E-state index in [4.69, 9.17) is 0 Å². The number of halogens is 2. The van der Waals surface area contributed by atoms with Gasteiger partial charge in [0.05, 0.1) is 48.6 Å². The van der Waals surface area contributed by atoms with Crippen molar-refractivity contribution in [3.05, 3.63) is 58.9 Å². The van der Waals surface area contributed by atoms with Gasteiger partial charge in [0.1, 0.15) is 13.1 Å². The van der Waals surface area contributed by atoms with Gasteiger partial charge in [-0.2, -0.15) is 5.01 Å². The number of carbonyl (C=O) groups excluding carboxylic acids is 1. The maximum absolute atomic E-state index is 15.7. The summed E-state index contributed by atoms with van der Waals surface area (Å²) in [7, 11) is 6.48. The Morgan fingerprint density at radius 3 is 2.76 bits per heavy atom. The fraction of sp³-hybridized carbons (Fsp3) is 0.625. The molecule has 3 unspecified atom stereocenters. The van der Waals surface area contributed by atoms with Gasteiger partial charge < -0.3 is 3.53 Å². The molecule has 4 rings (SSSR count). The molecule has 0 saturated carbocycles. The van der Waals surface area contributed by atoms with E-state index in [9.17, 15) is 4.79 Å². The number of carbonyl (C=O) groups is 1. The molecule has 2 heterocycles. The summed E-state index contributed by atoms with van der Waals surface area (Å²) < 4.78 is 21.4. The number of nitrogens with one attached hydrogen (secondary N) is 2. The van der Waals surface area contributed by atoms with E-state index in [2.05, 4.69) is 101 Å². The Morgan fingerprint density at radius 1 is 1.43 bits per heavy atom. The smallest absolute Gasteiger partial charge is 0.273 e. The van der Waals surface area contributed by atoms with E-state index in [1.54, 1.807) is 6.08 Å². The molecule has 4 aliphatic rings. The molecular weight excluding hydrogens is 641 g/mol. The van der Waals surface area contributed by atoms with Crippen LogP contribution >= 0.6 is 22.9 Å². The minimum atomic E-state index is -0.328. The van der Waals surface area contributed by atoms with Crippen LogP contribution in [-0.2, 0) is 4.79 Å². The van der Waals surface area contributed by atoms with Crippen molar-refractivity contribution in [1.82, 2.24) is 23.8 Å². The molecule has 7 nitrogen and oxygen atoms in total. The van der Waals surface area contributed by atoms with E-state index in [1.807, 2.05) is 12.3 Å². The van der Waals surface area contributed by atoms with E-state index in [1.165, 1.54) is 28.9 Å². The summed E-state index contributed by atoms with van der Waals surface area (Å²) in [6, 6.07) is 0. The topological polar surface area (TPSA) is 53.9 Å².